The Morgan fingerprint density at radius 1 is 1.38 bits per heavy atom. The SMILES string of the molecule is CCCNC(COc1cc(C)ccc1C(C)(C)C)C(=O)O. The first kappa shape index (κ1) is 17.5. The van der Waals surface area contributed by atoms with Gasteiger partial charge in [0.1, 0.15) is 18.4 Å². The second-order valence-corrected chi connectivity index (χ2v) is 6.41. The van der Waals surface area contributed by atoms with Crippen molar-refractivity contribution in [3.05, 3.63) is 29.3 Å². The summed E-state index contributed by atoms with van der Waals surface area (Å²) in [5.74, 6) is -0.111. The van der Waals surface area contributed by atoms with Crippen LogP contribution in [0.5, 0.6) is 5.75 Å². The van der Waals surface area contributed by atoms with Crippen molar-refractivity contribution in [3.63, 3.8) is 0 Å². The third-order valence-electron chi connectivity index (χ3n) is 3.29. The molecule has 1 rings (SSSR count). The molecule has 0 bridgehead atoms. The van der Waals surface area contributed by atoms with Gasteiger partial charge in [-0.2, -0.15) is 0 Å². The zero-order valence-electron chi connectivity index (χ0n) is 13.7. The Morgan fingerprint density at radius 2 is 2.05 bits per heavy atom. The van der Waals surface area contributed by atoms with E-state index in [2.05, 4.69) is 38.2 Å². The van der Waals surface area contributed by atoms with E-state index >= 15 is 0 Å². The molecule has 0 spiro atoms. The van der Waals surface area contributed by atoms with Crippen LogP contribution in [0.25, 0.3) is 0 Å². The third-order valence-corrected chi connectivity index (χ3v) is 3.29. The number of aryl methyl sites for hydroxylation is 1. The average molecular weight is 293 g/mol. The molecule has 0 fully saturated rings. The maximum Gasteiger partial charge on any atom is 0.324 e. The quantitative estimate of drug-likeness (QED) is 0.811. The number of carboxylic acid groups (broad SMARTS) is 1. The Balaban J connectivity index is 2.86. The number of carboxylic acids is 1. The largest absolute Gasteiger partial charge is 0.491 e. The van der Waals surface area contributed by atoms with Gasteiger partial charge in [0.2, 0.25) is 0 Å². The summed E-state index contributed by atoms with van der Waals surface area (Å²) < 4.78 is 5.82. The minimum absolute atomic E-state index is 0.0431. The molecule has 0 saturated heterocycles. The Labute approximate surface area is 127 Å². The second kappa shape index (κ2) is 7.46. The van der Waals surface area contributed by atoms with E-state index in [-0.39, 0.29) is 12.0 Å². The normalized spacial score (nSPS) is 13.0. The number of carbonyl (C=O) groups is 1. The van der Waals surface area contributed by atoms with Gasteiger partial charge in [0, 0.05) is 0 Å². The predicted octanol–water partition coefficient (Wildman–Crippen LogP) is 3.12. The maximum absolute atomic E-state index is 11.2. The Kier molecular flexibility index (Phi) is 6.21. The van der Waals surface area contributed by atoms with Gasteiger partial charge >= 0.3 is 5.97 Å². The van der Waals surface area contributed by atoms with Crippen LogP contribution in [0.15, 0.2) is 18.2 Å². The highest BCUT2D eigenvalue weighted by atomic mass is 16.5. The topological polar surface area (TPSA) is 58.6 Å². The summed E-state index contributed by atoms with van der Waals surface area (Å²) in [6.45, 7) is 11.2. The van der Waals surface area contributed by atoms with Crippen LogP contribution in [-0.4, -0.2) is 30.3 Å². The van der Waals surface area contributed by atoms with Gasteiger partial charge in [0.15, 0.2) is 0 Å². The lowest BCUT2D eigenvalue weighted by atomic mass is 9.86. The number of aliphatic carboxylic acids is 1. The molecule has 1 atom stereocenters. The van der Waals surface area contributed by atoms with Gasteiger partial charge in [-0.05, 0) is 42.5 Å². The van der Waals surface area contributed by atoms with Gasteiger partial charge in [-0.3, -0.25) is 4.79 Å². The number of rotatable bonds is 7. The monoisotopic (exact) mass is 293 g/mol. The van der Waals surface area contributed by atoms with Gasteiger partial charge in [0.25, 0.3) is 0 Å². The van der Waals surface area contributed by atoms with Crippen LogP contribution in [0.3, 0.4) is 0 Å². The van der Waals surface area contributed by atoms with E-state index < -0.39 is 12.0 Å². The van der Waals surface area contributed by atoms with Crippen LogP contribution in [0, 0.1) is 6.92 Å². The van der Waals surface area contributed by atoms with Crippen molar-refractivity contribution in [2.75, 3.05) is 13.2 Å². The smallest absolute Gasteiger partial charge is 0.324 e. The highest BCUT2D eigenvalue weighted by Gasteiger charge is 2.22. The molecule has 4 nitrogen and oxygen atoms in total. The van der Waals surface area contributed by atoms with Crippen molar-refractivity contribution in [1.29, 1.82) is 0 Å². The van der Waals surface area contributed by atoms with Crippen molar-refractivity contribution in [2.45, 2.75) is 52.5 Å². The molecule has 4 heteroatoms. The Bertz CT molecular complexity index is 477. The highest BCUT2D eigenvalue weighted by molar-refractivity contribution is 5.73. The fraction of sp³-hybridized carbons (Fsp3) is 0.588. The maximum atomic E-state index is 11.2. The molecule has 2 N–H and O–H groups in total. The lowest BCUT2D eigenvalue weighted by Gasteiger charge is -2.24. The lowest BCUT2D eigenvalue weighted by Crippen LogP contribution is -2.42. The number of hydrogen-bond acceptors (Lipinski definition) is 3. The molecular weight excluding hydrogens is 266 g/mol. The summed E-state index contributed by atoms with van der Waals surface area (Å²) in [5.41, 5.74) is 2.15. The van der Waals surface area contributed by atoms with E-state index in [1.165, 1.54) is 0 Å². The molecule has 1 aromatic carbocycles. The molecule has 0 aliphatic rings. The molecule has 0 radical (unpaired) electrons. The number of nitrogens with one attached hydrogen (secondary N) is 1. The fourth-order valence-electron chi connectivity index (χ4n) is 2.08. The van der Waals surface area contributed by atoms with Crippen molar-refractivity contribution >= 4 is 5.97 Å². The summed E-state index contributed by atoms with van der Waals surface area (Å²) in [6, 6.07) is 5.40. The summed E-state index contributed by atoms with van der Waals surface area (Å²) in [4.78, 5) is 11.2. The number of hydrogen-bond donors (Lipinski definition) is 2. The Morgan fingerprint density at radius 3 is 2.57 bits per heavy atom. The van der Waals surface area contributed by atoms with Crippen LogP contribution in [0.4, 0.5) is 0 Å². The molecule has 1 aromatic rings. The second-order valence-electron chi connectivity index (χ2n) is 6.41. The summed E-state index contributed by atoms with van der Waals surface area (Å²) in [5, 5.41) is 12.2. The summed E-state index contributed by atoms with van der Waals surface area (Å²) >= 11 is 0. The number of ether oxygens (including phenoxy) is 1. The number of benzene rings is 1. The van der Waals surface area contributed by atoms with Crippen LogP contribution < -0.4 is 10.1 Å². The van der Waals surface area contributed by atoms with E-state index in [1.54, 1.807) is 0 Å². The molecular formula is C17H27NO3. The van der Waals surface area contributed by atoms with Gasteiger partial charge < -0.3 is 15.2 Å². The molecule has 0 heterocycles. The van der Waals surface area contributed by atoms with Crippen LogP contribution in [-0.2, 0) is 10.2 Å². The summed E-state index contributed by atoms with van der Waals surface area (Å²) in [7, 11) is 0. The highest BCUT2D eigenvalue weighted by Crippen LogP contribution is 2.32. The van der Waals surface area contributed by atoms with Crippen molar-refractivity contribution in [3.8, 4) is 5.75 Å². The zero-order valence-corrected chi connectivity index (χ0v) is 13.7. The Hall–Kier alpha value is -1.55. The van der Waals surface area contributed by atoms with Gasteiger partial charge in [0.05, 0.1) is 0 Å². The molecule has 0 aromatic heterocycles. The molecule has 0 saturated carbocycles. The molecule has 0 amide bonds. The van der Waals surface area contributed by atoms with Gasteiger partial charge in [-0.15, -0.1) is 0 Å². The van der Waals surface area contributed by atoms with Gasteiger partial charge in [-0.25, -0.2) is 0 Å². The van der Waals surface area contributed by atoms with E-state index in [9.17, 15) is 9.90 Å². The minimum atomic E-state index is -0.881. The third kappa shape index (κ3) is 5.38. The van der Waals surface area contributed by atoms with E-state index in [0.29, 0.717) is 6.54 Å². The van der Waals surface area contributed by atoms with E-state index in [1.807, 2.05) is 19.9 Å². The summed E-state index contributed by atoms with van der Waals surface area (Å²) in [6.07, 6.45) is 0.890. The molecule has 0 aliphatic carbocycles. The van der Waals surface area contributed by atoms with Crippen LogP contribution in [0.1, 0.15) is 45.2 Å². The first-order valence-electron chi connectivity index (χ1n) is 7.45. The van der Waals surface area contributed by atoms with Crippen molar-refractivity contribution in [1.82, 2.24) is 5.32 Å². The first-order chi connectivity index (χ1) is 9.75. The molecule has 0 aliphatic heterocycles. The van der Waals surface area contributed by atoms with Crippen LogP contribution in [0.2, 0.25) is 0 Å². The van der Waals surface area contributed by atoms with E-state index in [0.717, 1.165) is 23.3 Å². The molecule has 21 heavy (non-hydrogen) atoms. The molecule has 118 valence electrons. The van der Waals surface area contributed by atoms with Crippen molar-refractivity contribution in [2.24, 2.45) is 0 Å². The average Bonchev–Trinajstić information content (AvgIpc) is 2.37. The predicted molar refractivity (Wildman–Crippen MR) is 85.1 cm³/mol. The van der Waals surface area contributed by atoms with Gasteiger partial charge in [-0.1, -0.05) is 39.8 Å². The lowest BCUT2D eigenvalue weighted by molar-refractivity contribution is -0.140. The minimum Gasteiger partial charge on any atom is -0.491 e. The standard InChI is InChI=1S/C17H27NO3/c1-6-9-18-14(16(19)20)11-21-15-10-12(2)7-8-13(15)17(3,4)5/h7-8,10,14,18H,6,9,11H2,1-5H3,(H,19,20). The fourth-order valence-corrected chi connectivity index (χ4v) is 2.08. The van der Waals surface area contributed by atoms with E-state index in [4.69, 9.17) is 4.74 Å². The molecule has 1 unspecified atom stereocenters. The zero-order chi connectivity index (χ0) is 16.0. The first-order valence-corrected chi connectivity index (χ1v) is 7.45. The van der Waals surface area contributed by atoms with Crippen molar-refractivity contribution < 1.29 is 14.6 Å². The van der Waals surface area contributed by atoms with Crippen LogP contribution >= 0.6 is 0 Å².